The van der Waals surface area contributed by atoms with Gasteiger partial charge in [0.25, 0.3) is 5.90 Å². The van der Waals surface area contributed by atoms with E-state index in [4.69, 9.17) is 36.5 Å². The van der Waals surface area contributed by atoms with E-state index < -0.39 is 16.1 Å². The van der Waals surface area contributed by atoms with Crippen molar-refractivity contribution in [3.8, 4) is 5.75 Å². The van der Waals surface area contributed by atoms with Crippen LogP contribution in [-0.4, -0.2) is 26.5 Å². The number of halogens is 2. The number of ether oxygens (including phenoxy) is 1. The number of hydrogen-bond donors (Lipinski definition) is 0. The lowest BCUT2D eigenvalue weighted by atomic mass is 10.1. The van der Waals surface area contributed by atoms with Crippen molar-refractivity contribution < 1.29 is 26.5 Å². The van der Waals surface area contributed by atoms with Crippen LogP contribution < -0.4 is 4.18 Å². The van der Waals surface area contributed by atoms with Gasteiger partial charge in [-0.1, -0.05) is 23.2 Å². The number of aliphatic imine (C=N–C) groups is 1. The van der Waals surface area contributed by atoms with E-state index in [0.717, 1.165) is 6.26 Å². The van der Waals surface area contributed by atoms with Gasteiger partial charge in [0.1, 0.15) is 0 Å². The molecule has 1 aliphatic heterocycles. The Balaban J connectivity index is 2.07. The topological polar surface area (TPSA) is 95.2 Å². The minimum absolute atomic E-state index is 0.0139. The molecule has 1 aliphatic rings. The van der Waals surface area contributed by atoms with E-state index in [-0.39, 0.29) is 38.7 Å². The van der Waals surface area contributed by atoms with Crippen molar-refractivity contribution in [3.63, 3.8) is 0 Å². The van der Waals surface area contributed by atoms with E-state index in [2.05, 4.69) is 4.99 Å². The zero-order valence-electron chi connectivity index (χ0n) is 12.5. The largest absolute Gasteiger partial charge is 0.459 e. The molecule has 7 nitrogen and oxygen atoms in total. The number of cyclic esters (lactones) is 1. The third kappa shape index (κ3) is 4.04. The summed E-state index contributed by atoms with van der Waals surface area (Å²) < 4.78 is 37.9. The summed E-state index contributed by atoms with van der Waals surface area (Å²) in [6.45, 7) is 0. The Morgan fingerprint density at radius 2 is 2.04 bits per heavy atom. The Morgan fingerprint density at radius 1 is 1.28 bits per heavy atom. The number of furan rings is 1. The minimum atomic E-state index is -3.85. The Kier molecular flexibility index (Phi) is 4.59. The highest BCUT2D eigenvalue weighted by atomic mass is 35.5. The fraction of sp³-hybridized carbons (Fsp3) is 0.0667. The van der Waals surface area contributed by atoms with Crippen LogP contribution in [0.15, 0.2) is 45.6 Å². The molecule has 2 heterocycles. The molecule has 0 saturated carbocycles. The summed E-state index contributed by atoms with van der Waals surface area (Å²) in [4.78, 5) is 16.0. The summed E-state index contributed by atoms with van der Waals surface area (Å²) in [6.07, 6.45) is 3.53. The number of esters is 1. The first-order chi connectivity index (χ1) is 11.7. The SMILES string of the molecule is CS(=O)(=O)Oc1c(Cl)cc(Cl)cc1/C=C1/N=C(c2ccco2)OC1=O. The van der Waals surface area contributed by atoms with Gasteiger partial charge in [-0.15, -0.1) is 0 Å². The molecule has 0 bridgehead atoms. The van der Waals surface area contributed by atoms with Gasteiger partial charge in [0.05, 0.1) is 17.5 Å². The molecule has 0 atom stereocenters. The van der Waals surface area contributed by atoms with Gasteiger partial charge in [0, 0.05) is 10.6 Å². The number of carbonyl (C=O) groups excluding carboxylic acids is 1. The molecule has 0 N–H and O–H groups in total. The molecule has 0 aliphatic carbocycles. The van der Waals surface area contributed by atoms with E-state index in [0.29, 0.717) is 0 Å². The third-order valence-corrected chi connectivity index (χ3v) is 3.88. The van der Waals surface area contributed by atoms with E-state index >= 15 is 0 Å². The van der Waals surface area contributed by atoms with Gasteiger partial charge >= 0.3 is 16.1 Å². The number of nitrogens with zero attached hydrogens (tertiary/aromatic N) is 1. The van der Waals surface area contributed by atoms with Crippen LogP contribution in [0, 0.1) is 0 Å². The number of rotatable bonds is 4. The second-order valence-corrected chi connectivity index (χ2v) is 7.33. The highest BCUT2D eigenvalue weighted by molar-refractivity contribution is 7.86. The predicted octanol–water partition coefficient (Wildman–Crippen LogP) is 3.27. The van der Waals surface area contributed by atoms with E-state index in [1.54, 1.807) is 12.1 Å². The second kappa shape index (κ2) is 6.55. The van der Waals surface area contributed by atoms with Crippen molar-refractivity contribution >= 4 is 51.3 Å². The lowest BCUT2D eigenvalue weighted by Gasteiger charge is -2.09. The minimum Gasteiger partial charge on any atom is -0.459 e. The number of benzene rings is 1. The molecule has 0 spiro atoms. The molecule has 2 aromatic rings. The van der Waals surface area contributed by atoms with Gasteiger partial charge in [-0.3, -0.25) is 0 Å². The Morgan fingerprint density at radius 3 is 2.68 bits per heavy atom. The molecule has 0 unspecified atom stereocenters. The smallest absolute Gasteiger partial charge is 0.363 e. The molecule has 130 valence electrons. The van der Waals surface area contributed by atoms with Gasteiger partial charge in [0.15, 0.2) is 17.2 Å². The first-order valence-electron chi connectivity index (χ1n) is 6.68. The van der Waals surface area contributed by atoms with Crippen LogP contribution in [0.1, 0.15) is 11.3 Å². The first-order valence-corrected chi connectivity index (χ1v) is 9.25. The second-order valence-electron chi connectivity index (χ2n) is 4.91. The molecule has 25 heavy (non-hydrogen) atoms. The van der Waals surface area contributed by atoms with Gasteiger partial charge in [-0.05, 0) is 30.3 Å². The van der Waals surface area contributed by atoms with E-state index in [1.807, 2.05) is 0 Å². The van der Waals surface area contributed by atoms with Crippen LogP contribution in [0.25, 0.3) is 6.08 Å². The fourth-order valence-electron chi connectivity index (χ4n) is 1.99. The highest BCUT2D eigenvalue weighted by Gasteiger charge is 2.27. The summed E-state index contributed by atoms with van der Waals surface area (Å²) in [7, 11) is -3.85. The predicted molar refractivity (Wildman–Crippen MR) is 91.2 cm³/mol. The summed E-state index contributed by atoms with van der Waals surface area (Å²) >= 11 is 11.9. The lowest BCUT2D eigenvalue weighted by molar-refractivity contribution is -0.130. The van der Waals surface area contributed by atoms with Gasteiger partial charge < -0.3 is 13.3 Å². The van der Waals surface area contributed by atoms with Gasteiger partial charge in [-0.2, -0.15) is 8.42 Å². The van der Waals surface area contributed by atoms with Crippen LogP contribution in [0.4, 0.5) is 0 Å². The van der Waals surface area contributed by atoms with Crippen LogP contribution in [0.3, 0.4) is 0 Å². The molecule has 10 heteroatoms. The summed E-state index contributed by atoms with van der Waals surface area (Å²) in [6, 6.07) is 5.89. The summed E-state index contributed by atoms with van der Waals surface area (Å²) in [5, 5.41) is 0.186. The Hall–Kier alpha value is -2.29. The zero-order valence-corrected chi connectivity index (χ0v) is 14.9. The van der Waals surface area contributed by atoms with Crippen LogP contribution in [0.5, 0.6) is 5.75 Å². The third-order valence-electron chi connectivity index (χ3n) is 2.92. The highest BCUT2D eigenvalue weighted by Crippen LogP contribution is 2.35. The number of carbonyl (C=O) groups is 1. The first kappa shape index (κ1) is 17.5. The van der Waals surface area contributed by atoms with E-state index in [1.165, 1.54) is 24.5 Å². The Bertz CT molecular complexity index is 1010. The molecule has 3 rings (SSSR count). The van der Waals surface area contributed by atoms with Gasteiger partial charge in [0.2, 0.25) is 0 Å². The molecular weight excluding hydrogens is 393 g/mol. The molecule has 0 fully saturated rings. The number of hydrogen-bond acceptors (Lipinski definition) is 7. The van der Waals surface area contributed by atoms with Crippen LogP contribution in [-0.2, 0) is 19.6 Å². The van der Waals surface area contributed by atoms with Crippen molar-refractivity contribution in [1.29, 1.82) is 0 Å². The van der Waals surface area contributed by atoms with Crippen molar-refractivity contribution in [2.45, 2.75) is 0 Å². The van der Waals surface area contributed by atoms with Crippen molar-refractivity contribution in [1.82, 2.24) is 0 Å². The van der Waals surface area contributed by atoms with Crippen molar-refractivity contribution in [2.75, 3.05) is 6.26 Å². The molecule has 0 amide bonds. The lowest BCUT2D eigenvalue weighted by Crippen LogP contribution is -2.07. The quantitative estimate of drug-likeness (QED) is 0.443. The maximum atomic E-state index is 12.0. The standard InChI is InChI=1S/C15H9Cl2NO6S/c1-25(20,21)24-13-8(5-9(16)7-10(13)17)6-11-15(19)23-14(18-11)12-3-2-4-22-12/h2-7H,1H3/b11-6+. The molecular formula is C15H9Cl2NO6S. The fourth-order valence-corrected chi connectivity index (χ4v) is 3.07. The molecule has 0 radical (unpaired) electrons. The average molecular weight is 402 g/mol. The molecule has 1 aromatic heterocycles. The van der Waals surface area contributed by atoms with Gasteiger partial charge in [-0.25, -0.2) is 9.79 Å². The van der Waals surface area contributed by atoms with Crippen LogP contribution >= 0.6 is 23.2 Å². The van der Waals surface area contributed by atoms with Crippen LogP contribution in [0.2, 0.25) is 10.0 Å². The average Bonchev–Trinajstić information content (AvgIpc) is 3.12. The van der Waals surface area contributed by atoms with E-state index in [9.17, 15) is 13.2 Å². The zero-order chi connectivity index (χ0) is 18.2. The van der Waals surface area contributed by atoms with Crippen molar-refractivity contribution in [3.05, 3.63) is 57.6 Å². The maximum Gasteiger partial charge on any atom is 0.363 e. The maximum absolute atomic E-state index is 12.0. The monoisotopic (exact) mass is 401 g/mol. The summed E-state index contributed by atoms with van der Waals surface area (Å²) in [5.74, 6) is -0.656. The Labute approximate surface area is 152 Å². The summed E-state index contributed by atoms with van der Waals surface area (Å²) in [5.41, 5.74) is 0.0578. The normalized spacial score (nSPS) is 16.0. The molecule has 1 aromatic carbocycles. The molecule has 0 saturated heterocycles. The van der Waals surface area contributed by atoms with Crippen molar-refractivity contribution in [2.24, 2.45) is 4.99 Å².